The quantitative estimate of drug-likeness (QED) is 0.115. The second-order valence-corrected chi connectivity index (χ2v) is 20.8. The molecule has 15 aromatic rings. The van der Waals surface area contributed by atoms with Crippen LogP contribution < -0.4 is 0 Å². The summed E-state index contributed by atoms with van der Waals surface area (Å²) in [6.45, 7) is 0. The summed E-state index contributed by atoms with van der Waals surface area (Å²) in [7, 11) is 0. The van der Waals surface area contributed by atoms with Gasteiger partial charge in [0.25, 0.3) is 0 Å². The molecule has 0 N–H and O–H groups in total. The highest BCUT2D eigenvalue weighted by Crippen LogP contribution is 2.63. The fourth-order valence-electron chi connectivity index (χ4n) is 14.2. The van der Waals surface area contributed by atoms with Gasteiger partial charge in [-0.3, -0.25) is 0 Å². The summed E-state index contributed by atoms with van der Waals surface area (Å²) >= 11 is 0. The largest absolute Gasteiger partial charge is 0.0622 e. The molecular weight excluding hydrogens is 913 g/mol. The van der Waals surface area contributed by atoms with Crippen LogP contribution in [0.3, 0.4) is 0 Å². The molecule has 0 unspecified atom stereocenters. The van der Waals surface area contributed by atoms with Gasteiger partial charge < -0.3 is 0 Å². The molecule has 0 heterocycles. The van der Waals surface area contributed by atoms with E-state index in [0.717, 1.165) is 0 Å². The van der Waals surface area contributed by atoms with E-state index < -0.39 is 0 Å². The van der Waals surface area contributed by atoms with Crippen molar-refractivity contribution in [1.29, 1.82) is 0 Å². The second kappa shape index (κ2) is 15.8. The van der Waals surface area contributed by atoms with E-state index in [4.69, 9.17) is 0 Å². The lowest BCUT2D eigenvalue weighted by Gasteiger charge is -2.23. The van der Waals surface area contributed by atoms with E-state index in [0.29, 0.717) is 0 Å². The van der Waals surface area contributed by atoms with Crippen molar-refractivity contribution in [3.05, 3.63) is 267 Å². The first-order valence-corrected chi connectivity index (χ1v) is 26.6. The molecule has 0 saturated heterocycles. The predicted molar refractivity (Wildman–Crippen MR) is 324 cm³/mol. The van der Waals surface area contributed by atoms with Crippen molar-refractivity contribution < 1.29 is 0 Å². The van der Waals surface area contributed by atoms with Crippen LogP contribution in [0.5, 0.6) is 0 Å². The van der Waals surface area contributed by atoms with Crippen LogP contribution in [0, 0.1) is 0 Å². The van der Waals surface area contributed by atoms with Gasteiger partial charge in [-0.25, -0.2) is 0 Å². The molecule has 0 aromatic heterocycles. The maximum absolute atomic E-state index is 2.48. The number of hydrogen-bond acceptors (Lipinski definition) is 0. The molecule has 348 valence electrons. The Morgan fingerprint density at radius 2 is 0.368 bits per heavy atom. The van der Waals surface area contributed by atoms with Crippen LogP contribution in [-0.2, 0) is 0 Å². The molecule has 2 aliphatic rings. The molecule has 15 aromatic carbocycles. The Hall–Kier alpha value is -9.88. The zero-order valence-corrected chi connectivity index (χ0v) is 41.4. The Balaban J connectivity index is 1.00. The minimum absolute atomic E-state index is 1.21. The molecule has 0 fully saturated rings. The van der Waals surface area contributed by atoms with Crippen LogP contribution in [0.1, 0.15) is 0 Å². The summed E-state index contributed by atoms with van der Waals surface area (Å²) in [6.07, 6.45) is 0. The molecule has 0 saturated carbocycles. The molecule has 2 aliphatic carbocycles. The Morgan fingerprint density at radius 3 is 0.697 bits per heavy atom. The SMILES string of the molecule is c1ccc(-c2ccccc2-c2c3c(c(-c4ccccc4-c4ccccc4)c4ccccc24)-c2ccc4c5ccc6c7c(ccc(c8ccc-3c2c84)c75)-c2c-6c(-c3ccccc3)c3ccccc3c2-c2ccccc2)cc1. The highest BCUT2D eigenvalue weighted by molar-refractivity contribution is 6.42. The topological polar surface area (TPSA) is 0 Å². The third-order valence-electron chi connectivity index (χ3n) is 17.1. The van der Waals surface area contributed by atoms with Crippen molar-refractivity contribution in [2.24, 2.45) is 0 Å². The van der Waals surface area contributed by atoms with Gasteiger partial charge in [0.15, 0.2) is 0 Å². The monoisotopic (exact) mass is 956 g/mol. The first-order chi connectivity index (χ1) is 37.8. The van der Waals surface area contributed by atoms with Crippen LogP contribution in [0.25, 0.3) is 176 Å². The highest BCUT2D eigenvalue weighted by Gasteiger charge is 2.36. The van der Waals surface area contributed by atoms with Gasteiger partial charge in [0, 0.05) is 0 Å². The van der Waals surface area contributed by atoms with Crippen molar-refractivity contribution in [1.82, 2.24) is 0 Å². The van der Waals surface area contributed by atoms with E-state index in [9.17, 15) is 0 Å². The van der Waals surface area contributed by atoms with Crippen LogP contribution in [0.2, 0.25) is 0 Å². The molecule has 0 nitrogen and oxygen atoms in total. The van der Waals surface area contributed by atoms with Gasteiger partial charge in [-0.15, -0.1) is 0 Å². The van der Waals surface area contributed by atoms with Crippen LogP contribution in [0.15, 0.2) is 267 Å². The Kier molecular flexibility index (Phi) is 8.65. The van der Waals surface area contributed by atoms with Crippen molar-refractivity contribution >= 4 is 64.6 Å². The zero-order valence-electron chi connectivity index (χ0n) is 41.4. The average molecular weight is 957 g/mol. The van der Waals surface area contributed by atoms with E-state index in [1.54, 1.807) is 0 Å². The van der Waals surface area contributed by atoms with Crippen molar-refractivity contribution in [2.45, 2.75) is 0 Å². The summed E-state index contributed by atoms with van der Waals surface area (Å²) in [5, 5.41) is 15.7. The minimum atomic E-state index is 1.21. The second-order valence-electron chi connectivity index (χ2n) is 20.8. The molecule has 0 heteroatoms. The third kappa shape index (κ3) is 5.57. The summed E-state index contributed by atoms with van der Waals surface area (Å²) in [5.74, 6) is 0. The fraction of sp³-hybridized carbons (Fsp3) is 0. The molecule has 0 bridgehead atoms. The van der Waals surface area contributed by atoms with Crippen molar-refractivity contribution in [2.75, 3.05) is 0 Å². The molecular formula is C76H44. The highest BCUT2D eigenvalue weighted by atomic mass is 14.4. The van der Waals surface area contributed by atoms with Crippen molar-refractivity contribution in [3.63, 3.8) is 0 Å². The van der Waals surface area contributed by atoms with Crippen LogP contribution in [0.4, 0.5) is 0 Å². The first kappa shape index (κ1) is 41.6. The maximum atomic E-state index is 2.48. The van der Waals surface area contributed by atoms with E-state index in [2.05, 4.69) is 267 Å². The number of fused-ring (bicyclic) bond motifs is 10. The standard InChI is InChI=1S/C76H44/c1-5-21-45(22-6-1)49-29-13-15-31-51(49)69-55-35-19-20-36-56(55)70(52-32-16-14-30-50(52)46-23-7-2-8-24-46)76-64-44-40-60-58-38-42-62-71-61(41-37-57(67(58)71)59-39-43-63(75(69)76)72(64)68(59)60)73-65(47-25-9-3-10-26-47)53-33-17-18-34-54(53)66(74(62)73)48-27-11-4-12-28-48/h1-44H. The van der Waals surface area contributed by atoms with Gasteiger partial charge in [0.2, 0.25) is 0 Å². The molecule has 17 rings (SSSR count). The van der Waals surface area contributed by atoms with Gasteiger partial charge >= 0.3 is 0 Å². The van der Waals surface area contributed by atoms with Crippen LogP contribution in [-0.4, -0.2) is 0 Å². The molecule has 0 amide bonds. The number of benzene rings is 15. The average Bonchev–Trinajstić information content (AvgIpc) is 4.09. The lowest BCUT2D eigenvalue weighted by atomic mass is 9.79. The van der Waals surface area contributed by atoms with E-state index in [1.807, 2.05) is 0 Å². The normalized spacial score (nSPS) is 12.2. The smallest absolute Gasteiger partial charge is 0.000718 e. The molecule has 76 heavy (non-hydrogen) atoms. The minimum Gasteiger partial charge on any atom is -0.0622 e. The van der Waals surface area contributed by atoms with E-state index in [1.165, 1.54) is 176 Å². The molecule has 0 radical (unpaired) electrons. The Labute approximate surface area is 440 Å². The van der Waals surface area contributed by atoms with E-state index >= 15 is 0 Å². The summed E-state index contributed by atoms with van der Waals surface area (Å²) < 4.78 is 0. The summed E-state index contributed by atoms with van der Waals surface area (Å²) in [6, 6.07) is 100. The van der Waals surface area contributed by atoms with Gasteiger partial charge in [-0.05, 0) is 176 Å². The zero-order chi connectivity index (χ0) is 49.6. The Bertz CT molecular complexity index is 4630. The molecule has 0 aliphatic heterocycles. The summed E-state index contributed by atoms with van der Waals surface area (Å²) in [4.78, 5) is 0. The predicted octanol–water partition coefficient (Wildman–Crippen LogP) is 21.3. The number of hydrogen-bond donors (Lipinski definition) is 0. The fourth-order valence-corrected chi connectivity index (χ4v) is 14.2. The van der Waals surface area contributed by atoms with Gasteiger partial charge in [-0.1, -0.05) is 267 Å². The lowest BCUT2D eigenvalue weighted by molar-refractivity contribution is 1.58. The lowest BCUT2D eigenvalue weighted by Crippen LogP contribution is -1.96. The number of rotatable bonds is 6. The van der Waals surface area contributed by atoms with Crippen LogP contribution >= 0.6 is 0 Å². The van der Waals surface area contributed by atoms with Crippen molar-refractivity contribution in [3.8, 4) is 111 Å². The van der Waals surface area contributed by atoms with Gasteiger partial charge in [-0.2, -0.15) is 0 Å². The van der Waals surface area contributed by atoms with Gasteiger partial charge in [0.05, 0.1) is 0 Å². The maximum Gasteiger partial charge on any atom is -0.000718 e. The van der Waals surface area contributed by atoms with Gasteiger partial charge in [0.1, 0.15) is 0 Å². The summed E-state index contributed by atoms with van der Waals surface area (Å²) in [5.41, 5.74) is 25.5. The molecule has 0 spiro atoms. The molecule has 0 atom stereocenters. The Morgan fingerprint density at radius 1 is 0.118 bits per heavy atom. The first-order valence-electron chi connectivity index (χ1n) is 26.6. The third-order valence-corrected chi connectivity index (χ3v) is 17.1. The van der Waals surface area contributed by atoms with E-state index in [-0.39, 0.29) is 0 Å².